The number of hydrogen-bond acceptors (Lipinski definition) is 5. The van der Waals surface area contributed by atoms with E-state index in [0.29, 0.717) is 25.6 Å². The number of hydrogen-bond donors (Lipinski definition) is 1. The fraction of sp³-hybridized carbons (Fsp3) is 0.227. The Morgan fingerprint density at radius 2 is 2.18 bits per heavy atom. The number of aromatic nitrogens is 2. The number of fused-ring (bicyclic) bond motifs is 1. The molecule has 1 saturated heterocycles. The fourth-order valence-electron chi connectivity index (χ4n) is 3.22. The molecular formula is C22H22N4O2. The van der Waals surface area contributed by atoms with Crippen LogP contribution in [0.2, 0.25) is 0 Å². The predicted molar refractivity (Wildman–Crippen MR) is 110 cm³/mol. The minimum atomic E-state index is 0.0276. The molecule has 0 bridgehead atoms. The lowest BCUT2D eigenvalue weighted by molar-refractivity contribution is -0.143. The van der Waals surface area contributed by atoms with Crippen LogP contribution in [0.25, 0.3) is 17.0 Å². The van der Waals surface area contributed by atoms with Crippen LogP contribution >= 0.6 is 0 Å². The van der Waals surface area contributed by atoms with Crippen molar-refractivity contribution in [3.8, 4) is 0 Å². The molecule has 2 heterocycles. The number of allylic oxidation sites excluding steroid dienone is 1. The zero-order valence-corrected chi connectivity index (χ0v) is 15.8. The van der Waals surface area contributed by atoms with Crippen molar-refractivity contribution in [2.75, 3.05) is 25.1 Å². The fourth-order valence-corrected chi connectivity index (χ4v) is 3.22. The Morgan fingerprint density at radius 1 is 1.25 bits per heavy atom. The van der Waals surface area contributed by atoms with E-state index in [1.165, 1.54) is 0 Å². The maximum atomic E-state index is 11.9. The Bertz CT molecular complexity index is 1030. The van der Waals surface area contributed by atoms with Crippen LogP contribution in [0.1, 0.15) is 18.1 Å². The Hall–Kier alpha value is -3.25. The molecule has 0 aliphatic carbocycles. The van der Waals surface area contributed by atoms with Gasteiger partial charge in [0.25, 0.3) is 0 Å². The van der Waals surface area contributed by atoms with E-state index in [2.05, 4.69) is 27.4 Å². The quantitative estimate of drug-likeness (QED) is 0.736. The molecule has 28 heavy (non-hydrogen) atoms. The highest BCUT2D eigenvalue weighted by Crippen LogP contribution is 2.20. The average Bonchev–Trinajstić information content (AvgIpc) is 2.70. The summed E-state index contributed by atoms with van der Waals surface area (Å²) >= 11 is 0. The summed E-state index contributed by atoms with van der Waals surface area (Å²) in [5, 5.41) is 4.26. The Kier molecular flexibility index (Phi) is 5.30. The van der Waals surface area contributed by atoms with Gasteiger partial charge in [0.05, 0.1) is 12.1 Å². The first-order chi connectivity index (χ1) is 13.7. The molecule has 2 aromatic carbocycles. The molecule has 0 saturated carbocycles. The molecular weight excluding hydrogens is 352 g/mol. The third kappa shape index (κ3) is 4.18. The van der Waals surface area contributed by atoms with Crippen molar-refractivity contribution in [3.63, 3.8) is 0 Å². The Morgan fingerprint density at radius 3 is 3.04 bits per heavy atom. The molecule has 1 aliphatic rings. The summed E-state index contributed by atoms with van der Waals surface area (Å²) in [6, 6.07) is 14.1. The van der Waals surface area contributed by atoms with Crippen molar-refractivity contribution in [3.05, 3.63) is 65.9 Å². The number of benzene rings is 2. The van der Waals surface area contributed by atoms with Crippen molar-refractivity contribution in [2.24, 2.45) is 0 Å². The lowest BCUT2D eigenvalue weighted by atomic mass is 10.1. The number of carbonyl (C=O) groups is 1. The van der Waals surface area contributed by atoms with Crippen LogP contribution in [0, 0.1) is 0 Å². The van der Waals surface area contributed by atoms with E-state index < -0.39 is 0 Å². The summed E-state index contributed by atoms with van der Waals surface area (Å²) in [7, 11) is 0. The summed E-state index contributed by atoms with van der Waals surface area (Å²) in [6.07, 6.45) is 5.89. The molecule has 0 spiro atoms. The lowest BCUT2D eigenvalue weighted by Gasteiger charge is -2.26. The summed E-state index contributed by atoms with van der Waals surface area (Å²) in [5.74, 6) is 0.575. The largest absolute Gasteiger partial charge is 0.370 e. The van der Waals surface area contributed by atoms with Crippen LogP contribution < -0.4 is 5.32 Å². The van der Waals surface area contributed by atoms with E-state index in [9.17, 15) is 4.79 Å². The SMILES string of the molecule is C/C=C\c1ccc2nc(Nc3cccc(CN4CCOCC4=O)c3)ncc2c1. The van der Waals surface area contributed by atoms with Crippen molar-refractivity contribution in [1.82, 2.24) is 14.9 Å². The van der Waals surface area contributed by atoms with Crippen molar-refractivity contribution in [2.45, 2.75) is 13.5 Å². The standard InChI is InChI=1S/C22H22N4O2/c1-2-4-16-7-8-20-18(11-16)13-23-22(25-20)24-19-6-3-5-17(12-19)14-26-9-10-28-15-21(26)27/h2-8,11-13H,9-10,14-15H2,1H3,(H,23,24,25)/b4-2-. The second kappa shape index (κ2) is 8.19. The van der Waals surface area contributed by atoms with Crippen molar-refractivity contribution < 1.29 is 9.53 Å². The zero-order chi connectivity index (χ0) is 19.3. The number of nitrogens with one attached hydrogen (secondary N) is 1. The third-order valence-electron chi connectivity index (χ3n) is 4.60. The average molecular weight is 374 g/mol. The van der Waals surface area contributed by atoms with Crippen LogP contribution in [0.15, 0.2) is 54.7 Å². The van der Waals surface area contributed by atoms with Crippen LogP contribution in [0.4, 0.5) is 11.6 Å². The first-order valence-electron chi connectivity index (χ1n) is 9.32. The van der Waals surface area contributed by atoms with E-state index >= 15 is 0 Å². The highest BCUT2D eigenvalue weighted by molar-refractivity contribution is 5.81. The first-order valence-corrected chi connectivity index (χ1v) is 9.32. The minimum Gasteiger partial charge on any atom is -0.370 e. The van der Waals surface area contributed by atoms with E-state index in [1.54, 1.807) is 0 Å². The highest BCUT2D eigenvalue weighted by Gasteiger charge is 2.18. The van der Waals surface area contributed by atoms with Gasteiger partial charge in [0, 0.05) is 30.4 Å². The molecule has 1 amide bonds. The van der Waals surface area contributed by atoms with Gasteiger partial charge in [-0.3, -0.25) is 4.79 Å². The smallest absolute Gasteiger partial charge is 0.248 e. The predicted octanol–water partition coefficient (Wildman–Crippen LogP) is 3.77. The van der Waals surface area contributed by atoms with Crippen LogP contribution in [-0.2, 0) is 16.1 Å². The molecule has 3 aromatic rings. The van der Waals surface area contributed by atoms with Crippen LogP contribution in [0.5, 0.6) is 0 Å². The number of carbonyl (C=O) groups excluding carboxylic acids is 1. The molecule has 142 valence electrons. The lowest BCUT2D eigenvalue weighted by Crippen LogP contribution is -2.40. The molecule has 0 radical (unpaired) electrons. The molecule has 4 rings (SSSR count). The number of morpholine rings is 1. The maximum absolute atomic E-state index is 11.9. The van der Waals surface area contributed by atoms with E-state index in [0.717, 1.165) is 27.7 Å². The zero-order valence-electron chi connectivity index (χ0n) is 15.8. The molecule has 6 heteroatoms. The maximum Gasteiger partial charge on any atom is 0.248 e. The normalized spacial score (nSPS) is 14.8. The molecule has 1 aromatic heterocycles. The molecule has 0 unspecified atom stereocenters. The monoisotopic (exact) mass is 374 g/mol. The summed E-state index contributed by atoms with van der Waals surface area (Å²) in [4.78, 5) is 22.8. The van der Waals surface area contributed by atoms with E-state index in [1.807, 2.05) is 60.5 Å². The number of nitrogens with zero attached hydrogens (tertiary/aromatic N) is 3. The van der Waals surface area contributed by atoms with Gasteiger partial charge in [-0.15, -0.1) is 0 Å². The van der Waals surface area contributed by atoms with E-state index in [4.69, 9.17) is 4.74 Å². The van der Waals surface area contributed by atoms with Crippen molar-refractivity contribution >= 4 is 34.5 Å². The van der Waals surface area contributed by atoms with Gasteiger partial charge in [0.15, 0.2) is 0 Å². The van der Waals surface area contributed by atoms with Gasteiger partial charge >= 0.3 is 0 Å². The topological polar surface area (TPSA) is 67.3 Å². The summed E-state index contributed by atoms with van der Waals surface area (Å²) in [5.41, 5.74) is 3.96. The van der Waals surface area contributed by atoms with Crippen LogP contribution in [-0.4, -0.2) is 40.5 Å². The minimum absolute atomic E-state index is 0.0276. The van der Waals surface area contributed by atoms with Crippen molar-refractivity contribution in [1.29, 1.82) is 0 Å². The van der Waals surface area contributed by atoms with Gasteiger partial charge in [-0.05, 0) is 42.3 Å². The van der Waals surface area contributed by atoms with Gasteiger partial charge in [0.1, 0.15) is 6.61 Å². The summed E-state index contributed by atoms with van der Waals surface area (Å²) in [6.45, 7) is 3.95. The molecule has 1 aliphatic heterocycles. The van der Waals surface area contributed by atoms with Gasteiger partial charge in [-0.2, -0.15) is 0 Å². The third-order valence-corrected chi connectivity index (χ3v) is 4.60. The van der Waals surface area contributed by atoms with Gasteiger partial charge < -0.3 is 15.0 Å². The number of anilines is 2. The summed E-state index contributed by atoms with van der Waals surface area (Å²) < 4.78 is 5.18. The molecule has 1 fully saturated rings. The highest BCUT2D eigenvalue weighted by atomic mass is 16.5. The Balaban J connectivity index is 1.50. The van der Waals surface area contributed by atoms with Gasteiger partial charge in [-0.1, -0.05) is 30.4 Å². The van der Waals surface area contributed by atoms with E-state index in [-0.39, 0.29) is 12.5 Å². The number of rotatable bonds is 5. The Labute approximate surface area is 163 Å². The van der Waals surface area contributed by atoms with Crippen LogP contribution in [0.3, 0.4) is 0 Å². The number of ether oxygens (including phenoxy) is 1. The second-order valence-electron chi connectivity index (χ2n) is 6.71. The first kappa shape index (κ1) is 18.1. The number of amides is 1. The molecule has 6 nitrogen and oxygen atoms in total. The van der Waals surface area contributed by atoms with Gasteiger partial charge in [-0.25, -0.2) is 9.97 Å². The van der Waals surface area contributed by atoms with Gasteiger partial charge in [0.2, 0.25) is 11.9 Å². The second-order valence-corrected chi connectivity index (χ2v) is 6.71. The molecule has 1 N–H and O–H groups in total. The molecule has 0 atom stereocenters.